The quantitative estimate of drug-likeness (QED) is 0.590. The molecule has 0 unspecified atom stereocenters. The van der Waals surface area contributed by atoms with Crippen molar-refractivity contribution in [1.82, 2.24) is 0 Å². The van der Waals surface area contributed by atoms with Gasteiger partial charge in [-0.3, -0.25) is 4.79 Å². The Hall–Kier alpha value is -2.22. The third kappa shape index (κ3) is 2.92. The normalized spacial score (nSPS) is 10.0. The van der Waals surface area contributed by atoms with Gasteiger partial charge in [0.2, 0.25) is 0 Å². The van der Waals surface area contributed by atoms with Crippen molar-refractivity contribution in [3.63, 3.8) is 0 Å². The summed E-state index contributed by atoms with van der Waals surface area (Å²) in [6.45, 7) is 0. The molecule has 0 spiro atoms. The topological polar surface area (TPSA) is 34.1 Å². The number of carbonyl (C=O) groups excluding carboxylic acids is 2. The van der Waals surface area contributed by atoms with E-state index in [1.807, 2.05) is 54.6 Å². The summed E-state index contributed by atoms with van der Waals surface area (Å²) >= 11 is 0. The second-order valence-corrected chi connectivity index (χ2v) is 4.07. The number of benzene rings is 2. The molecule has 0 atom stereocenters. The largest absolute Gasteiger partial charge is 0.303 e. The summed E-state index contributed by atoms with van der Waals surface area (Å²) in [5.41, 5.74) is 2.88. The first-order valence-electron chi connectivity index (χ1n) is 5.93. The molecule has 0 fully saturated rings. The molecule has 0 aliphatic carbocycles. The molecular weight excluding hydrogens is 224 g/mol. The van der Waals surface area contributed by atoms with Gasteiger partial charge in [0.1, 0.15) is 6.29 Å². The van der Waals surface area contributed by atoms with Crippen molar-refractivity contribution in [2.24, 2.45) is 0 Å². The van der Waals surface area contributed by atoms with Crippen LogP contribution in [-0.2, 0) is 4.79 Å². The first kappa shape index (κ1) is 12.2. The minimum absolute atomic E-state index is 0.0155. The van der Waals surface area contributed by atoms with Crippen LogP contribution in [0.2, 0.25) is 0 Å². The molecule has 0 radical (unpaired) electrons. The molecule has 0 amide bonds. The molecule has 0 heterocycles. The number of hydrogen-bond donors (Lipinski definition) is 0. The smallest absolute Gasteiger partial charge is 0.163 e. The highest BCUT2D eigenvalue weighted by Crippen LogP contribution is 2.19. The number of ketones is 1. The van der Waals surface area contributed by atoms with Gasteiger partial charge in [0.25, 0.3) is 0 Å². The Morgan fingerprint density at radius 2 is 1.50 bits per heavy atom. The second-order valence-electron chi connectivity index (χ2n) is 4.07. The van der Waals surface area contributed by atoms with Crippen molar-refractivity contribution in [2.45, 2.75) is 12.8 Å². The third-order valence-electron chi connectivity index (χ3n) is 2.80. The van der Waals surface area contributed by atoms with Crippen molar-refractivity contribution in [1.29, 1.82) is 0 Å². The van der Waals surface area contributed by atoms with E-state index in [0.29, 0.717) is 12.0 Å². The van der Waals surface area contributed by atoms with Crippen LogP contribution < -0.4 is 0 Å². The molecule has 0 bridgehead atoms. The first-order valence-corrected chi connectivity index (χ1v) is 5.93. The van der Waals surface area contributed by atoms with E-state index >= 15 is 0 Å². The Morgan fingerprint density at radius 1 is 0.889 bits per heavy atom. The lowest BCUT2D eigenvalue weighted by Crippen LogP contribution is -1.98. The molecule has 2 aromatic rings. The predicted octanol–water partition coefficient (Wildman–Crippen LogP) is 3.52. The van der Waals surface area contributed by atoms with Crippen LogP contribution in [0.3, 0.4) is 0 Å². The molecule has 18 heavy (non-hydrogen) atoms. The fourth-order valence-corrected chi connectivity index (χ4v) is 1.81. The van der Waals surface area contributed by atoms with Gasteiger partial charge in [-0.25, -0.2) is 0 Å². The van der Waals surface area contributed by atoms with Crippen molar-refractivity contribution >= 4 is 12.1 Å². The van der Waals surface area contributed by atoms with Crippen LogP contribution in [0.25, 0.3) is 11.1 Å². The van der Waals surface area contributed by atoms with Gasteiger partial charge in [0.15, 0.2) is 5.78 Å². The maximum absolute atomic E-state index is 11.7. The SMILES string of the molecule is O=CCCC(=O)c1ccc(-c2ccccc2)cc1. The van der Waals surface area contributed by atoms with Crippen LogP contribution in [0.15, 0.2) is 54.6 Å². The Bertz CT molecular complexity index is 527. The van der Waals surface area contributed by atoms with Gasteiger partial charge in [0.05, 0.1) is 0 Å². The Kier molecular flexibility index (Phi) is 4.02. The number of rotatable bonds is 5. The summed E-state index contributed by atoms with van der Waals surface area (Å²) < 4.78 is 0. The van der Waals surface area contributed by atoms with Gasteiger partial charge in [-0.15, -0.1) is 0 Å². The Labute approximate surface area is 106 Å². The summed E-state index contributed by atoms with van der Waals surface area (Å²) in [6.07, 6.45) is 1.35. The Balaban J connectivity index is 2.15. The van der Waals surface area contributed by atoms with E-state index in [9.17, 15) is 9.59 Å². The van der Waals surface area contributed by atoms with E-state index in [1.165, 1.54) is 0 Å². The second kappa shape index (κ2) is 5.92. The monoisotopic (exact) mass is 238 g/mol. The fourth-order valence-electron chi connectivity index (χ4n) is 1.81. The Morgan fingerprint density at radius 3 is 2.11 bits per heavy atom. The zero-order valence-corrected chi connectivity index (χ0v) is 10.0. The molecule has 0 aliphatic heterocycles. The average molecular weight is 238 g/mol. The molecule has 0 saturated heterocycles. The highest BCUT2D eigenvalue weighted by atomic mass is 16.1. The van der Waals surface area contributed by atoms with Gasteiger partial charge in [0, 0.05) is 18.4 Å². The zero-order valence-electron chi connectivity index (χ0n) is 10.0. The molecule has 0 N–H and O–H groups in total. The summed E-state index contributed by atoms with van der Waals surface area (Å²) in [4.78, 5) is 21.9. The molecule has 2 aromatic carbocycles. The van der Waals surface area contributed by atoms with Crippen LogP contribution in [0, 0.1) is 0 Å². The van der Waals surface area contributed by atoms with E-state index in [-0.39, 0.29) is 12.2 Å². The van der Waals surface area contributed by atoms with Crippen LogP contribution in [0.5, 0.6) is 0 Å². The zero-order chi connectivity index (χ0) is 12.8. The summed E-state index contributed by atoms with van der Waals surface area (Å²) in [5, 5.41) is 0. The standard InChI is InChI=1S/C16H14O2/c17-12-4-7-16(18)15-10-8-14(9-11-15)13-5-2-1-3-6-13/h1-3,5-6,8-12H,4,7H2. The maximum atomic E-state index is 11.7. The number of aldehydes is 1. The van der Waals surface area contributed by atoms with Crippen LogP contribution in [0.4, 0.5) is 0 Å². The van der Waals surface area contributed by atoms with E-state index in [2.05, 4.69) is 0 Å². The highest BCUT2D eigenvalue weighted by molar-refractivity contribution is 5.97. The van der Waals surface area contributed by atoms with Gasteiger partial charge in [-0.1, -0.05) is 54.6 Å². The summed E-state index contributed by atoms with van der Waals surface area (Å²) in [6, 6.07) is 17.5. The molecule has 0 saturated carbocycles. The summed E-state index contributed by atoms with van der Waals surface area (Å²) in [7, 11) is 0. The van der Waals surface area contributed by atoms with Gasteiger partial charge < -0.3 is 4.79 Å². The minimum Gasteiger partial charge on any atom is -0.303 e. The minimum atomic E-state index is 0.0155. The number of Topliss-reactive ketones (excluding diaryl/α,β-unsaturated/α-hetero) is 1. The van der Waals surface area contributed by atoms with Crippen molar-refractivity contribution in [3.8, 4) is 11.1 Å². The van der Waals surface area contributed by atoms with Gasteiger partial charge in [-0.2, -0.15) is 0 Å². The van der Waals surface area contributed by atoms with Crippen LogP contribution in [0.1, 0.15) is 23.2 Å². The number of carbonyl (C=O) groups is 2. The molecule has 90 valence electrons. The third-order valence-corrected chi connectivity index (χ3v) is 2.80. The van der Waals surface area contributed by atoms with E-state index in [1.54, 1.807) is 0 Å². The van der Waals surface area contributed by atoms with Gasteiger partial charge in [-0.05, 0) is 11.1 Å². The number of hydrogen-bond acceptors (Lipinski definition) is 2. The lowest BCUT2D eigenvalue weighted by Gasteiger charge is -2.03. The van der Waals surface area contributed by atoms with E-state index < -0.39 is 0 Å². The van der Waals surface area contributed by atoms with Crippen molar-refractivity contribution in [2.75, 3.05) is 0 Å². The molecule has 2 nitrogen and oxygen atoms in total. The van der Waals surface area contributed by atoms with Crippen LogP contribution >= 0.6 is 0 Å². The maximum Gasteiger partial charge on any atom is 0.163 e. The molecular formula is C16H14O2. The molecule has 0 aromatic heterocycles. The first-order chi connectivity index (χ1) is 8.81. The van der Waals surface area contributed by atoms with Crippen molar-refractivity contribution in [3.05, 3.63) is 60.2 Å². The molecule has 2 rings (SSSR count). The van der Waals surface area contributed by atoms with Gasteiger partial charge >= 0.3 is 0 Å². The lowest BCUT2D eigenvalue weighted by atomic mass is 10.0. The average Bonchev–Trinajstić information content (AvgIpc) is 2.46. The van der Waals surface area contributed by atoms with Crippen LogP contribution in [-0.4, -0.2) is 12.1 Å². The predicted molar refractivity (Wildman–Crippen MR) is 71.5 cm³/mol. The fraction of sp³-hybridized carbons (Fsp3) is 0.125. The van der Waals surface area contributed by atoms with E-state index in [0.717, 1.165) is 17.4 Å². The molecule has 2 heteroatoms. The lowest BCUT2D eigenvalue weighted by molar-refractivity contribution is -0.107. The molecule has 0 aliphatic rings. The highest BCUT2D eigenvalue weighted by Gasteiger charge is 2.05. The van der Waals surface area contributed by atoms with Crippen molar-refractivity contribution < 1.29 is 9.59 Å². The van der Waals surface area contributed by atoms with E-state index in [4.69, 9.17) is 0 Å². The summed E-state index contributed by atoms with van der Waals surface area (Å²) in [5.74, 6) is 0.0155.